The minimum Gasteiger partial charge on any atom is -0.408 e. The molecule has 1 aromatic carbocycles. The number of oxazole rings is 1. The van der Waals surface area contributed by atoms with Crippen molar-refractivity contribution < 1.29 is 9.21 Å². The van der Waals surface area contributed by atoms with Crippen LogP contribution < -0.4 is 11.1 Å². The van der Waals surface area contributed by atoms with E-state index in [1.54, 1.807) is 17.4 Å². The van der Waals surface area contributed by atoms with Crippen LogP contribution in [-0.2, 0) is 30.7 Å². The number of carbonyl (C=O) groups excluding carboxylic acids is 1. The number of carbonyl (C=O) groups is 1. The van der Waals surface area contributed by atoms with Gasteiger partial charge in [0.2, 0.25) is 5.91 Å². The summed E-state index contributed by atoms with van der Waals surface area (Å²) in [5, 5.41) is 3.88. The highest BCUT2D eigenvalue weighted by molar-refractivity contribution is 7.11. The molecule has 4 rings (SSSR count). The summed E-state index contributed by atoms with van der Waals surface area (Å²) >= 11 is 1.70. The summed E-state index contributed by atoms with van der Waals surface area (Å²) in [5.41, 5.74) is 3.53. The largest absolute Gasteiger partial charge is 0.419 e. The normalized spacial score (nSPS) is 13.7. The van der Waals surface area contributed by atoms with Gasteiger partial charge in [-0.15, -0.1) is 11.3 Å². The van der Waals surface area contributed by atoms with Crippen LogP contribution in [0.4, 0.5) is 0 Å². The van der Waals surface area contributed by atoms with Crippen molar-refractivity contribution >= 4 is 28.3 Å². The Balaban J connectivity index is 1.37. The molecule has 1 N–H and O–H groups in total. The van der Waals surface area contributed by atoms with Gasteiger partial charge in [-0.2, -0.15) is 0 Å². The molecule has 1 aliphatic rings. The summed E-state index contributed by atoms with van der Waals surface area (Å²) in [6, 6.07) is 5.58. The molecule has 3 aromatic rings. The lowest BCUT2D eigenvalue weighted by molar-refractivity contribution is -0.121. The van der Waals surface area contributed by atoms with Gasteiger partial charge in [-0.3, -0.25) is 9.36 Å². The number of nitrogens with zero attached hydrogens (tertiary/aromatic N) is 2. The fourth-order valence-electron chi connectivity index (χ4n) is 3.34. The Bertz CT molecular complexity index is 991. The van der Waals surface area contributed by atoms with E-state index in [4.69, 9.17) is 4.42 Å². The van der Waals surface area contributed by atoms with Gasteiger partial charge in [0.05, 0.1) is 17.8 Å². The van der Waals surface area contributed by atoms with Gasteiger partial charge in [-0.25, -0.2) is 9.78 Å². The quantitative estimate of drug-likeness (QED) is 0.748. The minimum absolute atomic E-state index is 0.0907. The van der Waals surface area contributed by atoms with Crippen molar-refractivity contribution in [1.82, 2.24) is 14.9 Å². The van der Waals surface area contributed by atoms with Gasteiger partial charge in [0.15, 0.2) is 5.58 Å². The Morgan fingerprint density at radius 2 is 2.19 bits per heavy atom. The maximum absolute atomic E-state index is 12.2. The second-order valence-corrected chi connectivity index (χ2v) is 7.87. The Kier molecular flexibility index (Phi) is 4.63. The molecule has 7 heteroatoms. The zero-order chi connectivity index (χ0) is 18.1. The number of aromatic nitrogens is 2. The Morgan fingerprint density at radius 3 is 3.04 bits per heavy atom. The molecule has 1 aliphatic carbocycles. The lowest BCUT2D eigenvalue weighted by Gasteiger charge is -2.06. The second-order valence-electron chi connectivity index (χ2n) is 6.70. The number of amides is 1. The van der Waals surface area contributed by atoms with Crippen LogP contribution in [-0.4, -0.2) is 15.5 Å². The fourth-order valence-corrected chi connectivity index (χ4v) is 4.44. The molecule has 0 unspecified atom stereocenters. The summed E-state index contributed by atoms with van der Waals surface area (Å²) in [6.45, 7) is 2.72. The van der Waals surface area contributed by atoms with E-state index >= 15 is 0 Å². The summed E-state index contributed by atoms with van der Waals surface area (Å²) in [7, 11) is 0. The first-order valence-corrected chi connectivity index (χ1v) is 9.76. The molecule has 0 spiro atoms. The van der Waals surface area contributed by atoms with E-state index in [2.05, 4.69) is 10.3 Å². The highest BCUT2D eigenvalue weighted by Crippen LogP contribution is 2.26. The average molecular weight is 371 g/mol. The van der Waals surface area contributed by atoms with Crippen molar-refractivity contribution in [3.8, 4) is 0 Å². The predicted molar refractivity (Wildman–Crippen MR) is 100 cm³/mol. The molecule has 136 valence electrons. The topological polar surface area (TPSA) is 77.1 Å². The van der Waals surface area contributed by atoms with E-state index in [-0.39, 0.29) is 12.3 Å². The number of fused-ring (bicyclic) bond motifs is 2. The third-order valence-corrected chi connectivity index (χ3v) is 5.87. The molecular weight excluding hydrogens is 350 g/mol. The summed E-state index contributed by atoms with van der Waals surface area (Å²) in [6.07, 6.45) is 4.82. The fraction of sp³-hybridized carbons (Fsp3) is 0.421. The van der Waals surface area contributed by atoms with Crippen molar-refractivity contribution in [2.45, 2.75) is 52.1 Å². The number of hydrogen-bond acceptors (Lipinski definition) is 5. The van der Waals surface area contributed by atoms with Gasteiger partial charge in [-0.1, -0.05) is 6.07 Å². The molecule has 6 nitrogen and oxygen atoms in total. The maximum atomic E-state index is 12.2. The molecule has 2 heterocycles. The first-order valence-electron chi connectivity index (χ1n) is 8.94. The Labute approximate surface area is 154 Å². The van der Waals surface area contributed by atoms with Gasteiger partial charge in [-0.05, 0) is 50.3 Å². The average Bonchev–Trinajstić information content (AvgIpc) is 3.18. The summed E-state index contributed by atoms with van der Waals surface area (Å²) in [4.78, 5) is 30.2. The van der Waals surface area contributed by atoms with Crippen molar-refractivity contribution in [3.63, 3.8) is 0 Å². The van der Waals surface area contributed by atoms with E-state index in [1.807, 2.05) is 19.1 Å². The lowest BCUT2D eigenvalue weighted by Crippen LogP contribution is -2.25. The van der Waals surface area contributed by atoms with Crippen molar-refractivity contribution in [2.24, 2.45) is 0 Å². The van der Waals surface area contributed by atoms with Crippen LogP contribution in [0.1, 0.15) is 40.4 Å². The zero-order valence-corrected chi connectivity index (χ0v) is 15.5. The summed E-state index contributed by atoms with van der Waals surface area (Å²) < 4.78 is 6.75. The van der Waals surface area contributed by atoms with Gasteiger partial charge < -0.3 is 9.73 Å². The van der Waals surface area contributed by atoms with Crippen LogP contribution in [0, 0.1) is 6.92 Å². The minimum atomic E-state index is -0.425. The molecule has 0 saturated carbocycles. The van der Waals surface area contributed by atoms with Crippen LogP contribution in [0.2, 0.25) is 0 Å². The summed E-state index contributed by atoms with van der Waals surface area (Å²) in [5.74, 6) is -0.516. The molecule has 0 bridgehead atoms. The van der Waals surface area contributed by atoms with E-state index in [0.717, 1.165) is 28.9 Å². The van der Waals surface area contributed by atoms with E-state index in [9.17, 15) is 9.59 Å². The number of hydrogen-bond donors (Lipinski definition) is 1. The molecule has 26 heavy (non-hydrogen) atoms. The second kappa shape index (κ2) is 7.07. The number of thiazole rings is 1. The highest BCUT2D eigenvalue weighted by atomic mass is 32.1. The van der Waals surface area contributed by atoms with Gasteiger partial charge in [0.1, 0.15) is 5.01 Å². The first-order chi connectivity index (χ1) is 12.6. The SMILES string of the molecule is Cc1ccc2oc(=O)n(CCC(=O)NCc3nc4c(s3)CCCC4)c2c1. The van der Waals surface area contributed by atoms with E-state index in [1.165, 1.54) is 28.0 Å². The number of rotatable bonds is 5. The molecule has 0 saturated heterocycles. The van der Waals surface area contributed by atoms with Crippen molar-refractivity contribution in [3.05, 3.63) is 49.9 Å². The van der Waals surface area contributed by atoms with Crippen LogP contribution in [0.15, 0.2) is 27.4 Å². The molecule has 1 amide bonds. The number of benzene rings is 1. The smallest absolute Gasteiger partial charge is 0.408 e. The number of aryl methyl sites for hydroxylation is 4. The van der Waals surface area contributed by atoms with E-state index in [0.29, 0.717) is 18.7 Å². The monoisotopic (exact) mass is 371 g/mol. The Hall–Kier alpha value is -2.41. The molecule has 0 fully saturated rings. The maximum Gasteiger partial charge on any atom is 0.419 e. The van der Waals surface area contributed by atoms with Gasteiger partial charge in [0, 0.05) is 17.8 Å². The molecule has 0 aliphatic heterocycles. The predicted octanol–water partition coefficient (Wildman–Crippen LogP) is 2.94. The molecule has 0 radical (unpaired) electrons. The first kappa shape index (κ1) is 17.0. The molecule has 2 aromatic heterocycles. The van der Waals surface area contributed by atoms with E-state index < -0.39 is 5.76 Å². The van der Waals surface area contributed by atoms with Crippen molar-refractivity contribution in [1.29, 1.82) is 0 Å². The van der Waals surface area contributed by atoms with Crippen LogP contribution >= 0.6 is 11.3 Å². The lowest BCUT2D eigenvalue weighted by atomic mass is 10.0. The third kappa shape index (κ3) is 3.44. The third-order valence-electron chi connectivity index (χ3n) is 4.71. The zero-order valence-electron chi connectivity index (χ0n) is 14.7. The molecular formula is C19H21N3O3S. The highest BCUT2D eigenvalue weighted by Gasteiger charge is 2.16. The number of nitrogens with one attached hydrogen (secondary N) is 1. The molecule has 0 atom stereocenters. The standard InChI is InChI=1S/C19H21N3O3S/c1-12-6-7-15-14(10-12)22(19(24)25-15)9-8-17(23)20-11-18-21-13-4-2-3-5-16(13)26-18/h6-7,10H,2-5,8-9,11H2,1H3,(H,20,23). The van der Waals surface area contributed by atoms with Crippen LogP contribution in [0.5, 0.6) is 0 Å². The van der Waals surface area contributed by atoms with Gasteiger partial charge >= 0.3 is 5.76 Å². The van der Waals surface area contributed by atoms with Crippen LogP contribution in [0.3, 0.4) is 0 Å². The van der Waals surface area contributed by atoms with Crippen LogP contribution in [0.25, 0.3) is 11.1 Å². The Morgan fingerprint density at radius 1 is 1.35 bits per heavy atom. The van der Waals surface area contributed by atoms with Crippen molar-refractivity contribution in [2.75, 3.05) is 0 Å². The van der Waals surface area contributed by atoms with Gasteiger partial charge in [0.25, 0.3) is 0 Å².